The zero-order valence-corrected chi connectivity index (χ0v) is 12.1. The van der Waals surface area contributed by atoms with E-state index in [0.29, 0.717) is 5.92 Å². The molecule has 1 N–H and O–H groups in total. The molecule has 0 aromatic heterocycles. The van der Waals surface area contributed by atoms with Crippen LogP contribution in [-0.2, 0) is 0 Å². The van der Waals surface area contributed by atoms with Crippen molar-refractivity contribution in [2.45, 2.75) is 26.2 Å². The average molecular weight is 273 g/mol. The largest absolute Gasteiger partial charge is 0.396 e. The Balaban J connectivity index is 1.96. The molecule has 1 aliphatic heterocycles. The van der Waals surface area contributed by atoms with E-state index >= 15 is 0 Å². The number of aliphatic hydroxyl groups excluding tert-OH is 1. The second-order valence-corrected chi connectivity index (χ2v) is 5.61. The first-order chi connectivity index (χ1) is 9.61. The third-order valence-corrected chi connectivity index (χ3v) is 4.06. The molecule has 0 atom stereocenters. The van der Waals surface area contributed by atoms with Crippen LogP contribution >= 0.6 is 0 Å². The van der Waals surface area contributed by atoms with E-state index in [0.717, 1.165) is 49.1 Å². The van der Waals surface area contributed by atoms with Crippen molar-refractivity contribution in [1.82, 2.24) is 4.90 Å². The molecule has 20 heavy (non-hydrogen) atoms. The predicted octanol–water partition coefficient (Wildman–Crippen LogP) is 2.95. The lowest BCUT2D eigenvalue weighted by Gasteiger charge is -2.31. The minimum Gasteiger partial charge on any atom is -0.396 e. The van der Waals surface area contributed by atoms with Crippen molar-refractivity contribution in [1.29, 1.82) is 0 Å². The van der Waals surface area contributed by atoms with E-state index in [4.69, 9.17) is 5.11 Å². The molecule has 1 aliphatic rings. The van der Waals surface area contributed by atoms with Crippen LogP contribution in [0, 0.1) is 5.92 Å². The fraction of sp³-hybridized carbons (Fsp3) is 0.471. The fourth-order valence-electron chi connectivity index (χ4n) is 2.69. The number of piperidine rings is 1. The maximum Gasteiger partial charge on any atom is 0.253 e. The van der Waals surface area contributed by atoms with E-state index in [2.05, 4.69) is 6.58 Å². The molecule has 0 radical (unpaired) electrons. The molecule has 0 bridgehead atoms. The highest BCUT2D eigenvalue weighted by molar-refractivity contribution is 5.94. The Kier molecular flexibility index (Phi) is 4.96. The Morgan fingerprint density at radius 2 is 1.80 bits per heavy atom. The number of amides is 1. The van der Waals surface area contributed by atoms with Crippen LogP contribution in [0.25, 0.3) is 5.57 Å². The van der Waals surface area contributed by atoms with Gasteiger partial charge in [-0.3, -0.25) is 4.79 Å². The van der Waals surface area contributed by atoms with E-state index in [1.54, 1.807) is 0 Å². The zero-order valence-electron chi connectivity index (χ0n) is 12.1. The van der Waals surface area contributed by atoms with Gasteiger partial charge < -0.3 is 10.0 Å². The highest BCUT2D eigenvalue weighted by Gasteiger charge is 2.23. The summed E-state index contributed by atoms with van der Waals surface area (Å²) in [5, 5.41) is 8.95. The first-order valence-corrected chi connectivity index (χ1v) is 7.28. The molecule has 0 aliphatic carbocycles. The van der Waals surface area contributed by atoms with Crippen LogP contribution in [0.4, 0.5) is 0 Å². The van der Waals surface area contributed by atoms with Gasteiger partial charge in [0.1, 0.15) is 0 Å². The van der Waals surface area contributed by atoms with Gasteiger partial charge in [0.15, 0.2) is 0 Å². The van der Waals surface area contributed by atoms with Gasteiger partial charge >= 0.3 is 0 Å². The predicted molar refractivity (Wildman–Crippen MR) is 81.5 cm³/mol. The van der Waals surface area contributed by atoms with Gasteiger partial charge in [0.25, 0.3) is 5.91 Å². The maximum atomic E-state index is 12.4. The first-order valence-electron chi connectivity index (χ1n) is 7.28. The third kappa shape index (κ3) is 3.48. The number of carbonyl (C=O) groups excluding carboxylic acids is 1. The molecular weight excluding hydrogens is 250 g/mol. The van der Waals surface area contributed by atoms with Crippen LogP contribution in [0.3, 0.4) is 0 Å². The Bertz CT molecular complexity index is 470. The molecule has 0 saturated carbocycles. The summed E-state index contributed by atoms with van der Waals surface area (Å²) in [6, 6.07) is 7.67. The number of benzene rings is 1. The topological polar surface area (TPSA) is 40.5 Å². The van der Waals surface area contributed by atoms with Crippen LogP contribution in [0.15, 0.2) is 30.8 Å². The summed E-state index contributed by atoms with van der Waals surface area (Å²) >= 11 is 0. The van der Waals surface area contributed by atoms with Gasteiger partial charge in [-0.25, -0.2) is 0 Å². The molecule has 1 amide bonds. The van der Waals surface area contributed by atoms with E-state index in [-0.39, 0.29) is 12.5 Å². The molecule has 108 valence electrons. The molecule has 3 heteroatoms. The summed E-state index contributed by atoms with van der Waals surface area (Å²) < 4.78 is 0. The Labute approximate surface area is 120 Å². The van der Waals surface area contributed by atoms with Gasteiger partial charge in [-0.15, -0.1) is 0 Å². The van der Waals surface area contributed by atoms with E-state index in [1.165, 1.54) is 0 Å². The summed E-state index contributed by atoms with van der Waals surface area (Å²) in [7, 11) is 0. The second-order valence-electron chi connectivity index (χ2n) is 5.61. The van der Waals surface area contributed by atoms with Crippen molar-refractivity contribution in [2.75, 3.05) is 19.7 Å². The van der Waals surface area contributed by atoms with Gasteiger partial charge in [0.2, 0.25) is 0 Å². The summed E-state index contributed by atoms with van der Waals surface area (Å²) in [4.78, 5) is 14.3. The molecule has 3 nitrogen and oxygen atoms in total. The smallest absolute Gasteiger partial charge is 0.253 e. The van der Waals surface area contributed by atoms with Crippen LogP contribution in [-0.4, -0.2) is 35.6 Å². The fourth-order valence-corrected chi connectivity index (χ4v) is 2.69. The van der Waals surface area contributed by atoms with Crippen molar-refractivity contribution in [2.24, 2.45) is 5.92 Å². The SMILES string of the molecule is C=C(C)c1ccc(C(=O)N2CCC(CCO)CC2)cc1. The molecule has 0 unspecified atom stereocenters. The molecule has 2 rings (SSSR count). The van der Waals surface area contributed by atoms with Gasteiger partial charge in [-0.05, 0) is 49.8 Å². The normalized spacial score (nSPS) is 16.2. The van der Waals surface area contributed by atoms with E-state index in [9.17, 15) is 4.79 Å². The van der Waals surface area contributed by atoms with Gasteiger partial charge in [0.05, 0.1) is 0 Å². The molecule has 0 spiro atoms. The molecule has 1 aromatic rings. The first kappa shape index (κ1) is 14.8. The van der Waals surface area contributed by atoms with Gasteiger partial charge in [-0.1, -0.05) is 24.3 Å². The van der Waals surface area contributed by atoms with Crippen molar-refractivity contribution < 1.29 is 9.90 Å². The highest BCUT2D eigenvalue weighted by atomic mass is 16.3. The van der Waals surface area contributed by atoms with Crippen molar-refractivity contribution in [3.63, 3.8) is 0 Å². The number of carbonyl (C=O) groups is 1. The summed E-state index contributed by atoms with van der Waals surface area (Å²) in [6.45, 7) is 7.71. The van der Waals surface area contributed by atoms with Gasteiger partial charge in [-0.2, -0.15) is 0 Å². The lowest BCUT2D eigenvalue weighted by Crippen LogP contribution is -2.38. The quantitative estimate of drug-likeness (QED) is 0.916. The second kappa shape index (κ2) is 6.71. The molecule has 1 saturated heterocycles. The number of hydrogen-bond acceptors (Lipinski definition) is 2. The number of rotatable bonds is 4. The summed E-state index contributed by atoms with van der Waals surface area (Å²) in [5.41, 5.74) is 2.83. The number of aliphatic hydroxyl groups is 1. The van der Waals surface area contributed by atoms with Crippen LogP contribution in [0.1, 0.15) is 42.1 Å². The number of allylic oxidation sites excluding steroid dienone is 1. The lowest BCUT2D eigenvalue weighted by atomic mass is 9.93. The van der Waals surface area contributed by atoms with Crippen LogP contribution < -0.4 is 0 Å². The standard InChI is InChI=1S/C17H23NO2/c1-13(2)15-3-5-16(6-4-15)17(20)18-10-7-14(8-11-18)9-12-19/h3-6,14,19H,1,7-12H2,2H3. The minimum atomic E-state index is 0.112. The molecular formula is C17H23NO2. The van der Waals surface area contributed by atoms with E-state index < -0.39 is 0 Å². The monoisotopic (exact) mass is 273 g/mol. The van der Waals surface area contributed by atoms with Gasteiger partial charge in [0, 0.05) is 25.3 Å². The Morgan fingerprint density at radius 1 is 1.25 bits per heavy atom. The van der Waals surface area contributed by atoms with Crippen molar-refractivity contribution >= 4 is 11.5 Å². The van der Waals surface area contributed by atoms with E-state index in [1.807, 2.05) is 36.1 Å². The van der Waals surface area contributed by atoms with Crippen LogP contribution in [0.2, 0.25) is 0 Å². The Hall–Kier alpha value is -1.61. The molecule has 1 fully saturated rings. The zero-order chi connectivity index (χ0) is 14.5. The summed E-state index contributed by atoms with van der Waals surface area (Å²) in [6.07, 6.45) is 2.85. The maximum absolute atomic E-state index is 12.4. The molecule has 1 aromatic carbocycles. The minimum absolute atomic E-state index is 0.112. The number of hydrogen-bond donors (Lipinski definition) is 1. The third-order valence-electron chi connectivity index (χ3n) is 4.06. The summed E-state index contributed by atoms with van der Waals surface area (Å²) in [5.74, 6) is 0.676. The molecule has 1 heterocycles. The number of nitrogens with zero attached hydrogens (tertiary/aromatic N) is 1. The number of likely N-dealkylation sites (tertiary alicyclic amines) is 1. The van der Waals surface area contributed by atoms with Crippen LogP contribution in [0.5, 0.6) is 0 Å². The lowest BCUT2D eigenvalue weighted by molar-refractivity contribution is 0.0678. The Morgan fingerprint density at radius 3 is 2.30 bits per heavy atom. The average Bonchev–Trinajstić information content (AvgIpc) is 2.48. The van der Waals surface area contributed by atoms with Crippen molar-refractivity contribution in [3.8, 4) is 0 Å². The van der Waals surface area contributed by atoms with Crippen molar-refractivity contribution in [3.05, 3.63) is 42.0 Å². The highest BCUT2D eigenvalue weighted by Crippen LogP contribution is 2.22.